The lowest BCUT2D eigenvalue weighted by Gasteiger charge is -2.21. The molecule has 6 heteroatoms. The monoisotopic (exact) mass is 353 g/mol. The van der Waals surface area contributed by atoms with E-state index in [1.807, 2.05) is 13.8 Å². The molecule has 1 aromatic rings. The van der Waals surface area contributed by atoms with Crippen LogP contribution < -0.4 is 0 Å². The van der Waals surface area contributed by atoms with Crippen LogP contribution in [0.2, 0.25) is 5.02 Å². The molecule has 0 aliphatic carbocycles. The number of sulfonamides is 1. The minimum Gasteiger partial charge on any atom is -0.207 e. The van der Waals surface area contributed by atoms with Crippen LogP contribution in [0.3, 0.4) is 0 Å². The first-order chi connectivity index (χ1) is 8.28. The molecule has 102 valence electrons. The van der Waals surface area contributed by atoms with Crippen LogP contribution in [0.15, 0.2) is 27.6 Å². The van der Waals surface area contributed by atoms with Crippen LogP contribution in [0.4, 0.5) is 0 Å². The lowest BCUT2D eigenvalue weighted by atomic mass is 10.1. The van der Waals surface area contributed by atoms with Gasteiger partial charge in [0.15, 0.2) is 0 Å². The fraction of sp³-hybridized carbons (Fsp3) is 0.500. The van der Waals surface area contributed by atoms with E-state index in [4.69, 9.17) is 11.6 Å². The Balaban J connectivity index is 3.06. The lowest BCUT2D eigenvalue weighted by Crippen LogP contribution is -2.31. The Kier molecular flexibility index (Phi) is 5.65. The third-order valence-electron chi connectivity index (χ3n) is 2.85. The van der Waals surface area contributed by atoms with Crippen LogP contribution in [-0.2, 0) is 10.0 Å². The molecule has 18 heavy (non-hydrogen) atoms. The molecule has 0 saturated heterocycles. The molecule has 0 saturated carbocycles. The van der Waals surface area contributed by atoms with Gasteiger partial charge in [-0.05, 0) is 24.1 Å². The second-order valence-electron chi connectivity index (χ2n) is 4.37. The highest BCUT2D eigenvalue weighted by Crippen LogP contribution is 2.27. The van der Waals surface area contributed by atoms with Crippen LogP contribution in [0.1, 0.15) is 20.3 Å². The van der Waals surface area contributed by atoms with Crippen molar-refractivity contribution in [2.75, 3.05) is 13.6 Å². The van der Waals surface area contributed by atoms with Crippen LogP contribution in [-0.4, -0.2) is 26.3 Å². The molecule has 0 heterocycles. The second-order valence-corrected chi connectivity index (χ2v) is 7.71. The molecular formula is C12H17BrClNO2S. The zero-order chi connectivity index (χ0) is 13.9. The summed E-state index contributed by atoms with van der Waals surface area (Å²) in [5.41, 5.74) is 0. The third kappa shape index (κ3) is 3.70. The van der Waals surface area contributed by atoms with E-state index < -0.39 is 10.0 Å². The Morgan fingerprint density at radius 1 is 1.44 bits per heavy atom. The molecule has 1 atom stereocenters. The Morgan fingerprint density at radius 3 is 2.56 bits per heavy atom. The van der Waals surface area contributed by atoms with Crippen molar-refractivity contribution < 1.29 is 8.42 Å². The predicted molar refractivity (Wildman–Crippen MR) is 78.4 cm³/mol. The van der Waals surface area contributed by atoms with Gasteiger partial charge in [0.25, 0.3) is 0 Å². The summed E-state index contributed by atoms with van der Waals surface area (Å²) in [6, 6.07) is 4.79. The highest BCUT2D eigenvalue weighted by molar-refractivity contribution is 9.10. The standard InChI is InChI=1S/C12H17BrClNO2S/c1-4-9(2)8-15(3)18(16,17)12-6-5-10(13)7-11(12)14/h5-7,9H,4,8H2,1-3H3. The van der Waals surface area contributed by atoms with Crippen molar-refractivity contribution in [3.63, 3.8) is 0 Å². The summed E-state index contributed by atoms with van der Waals surface area (Å²) in [6.07, 6.45) is 0.938. The first-order valence-electron chi connectivity index (χ1n) is 5.70. The normalized spacial score (nSPS) is 13.9. The number of rotatable bonds is 5. The maximum Gasteiger partial charge on any atom is 0.244 e. The highest BCUT2D eigenvalue weighted by Gasteiger charge is 2.24. The van der Waals surface area contributed by atoms with Crippen molar-refractivity contribution in [2.24, 2.45) is 5.92 Å². The van der Waals surface area contributed by atoms with Gasteiger partial charge in [0.05, 0.1) is 5.02 Å². The van der Waals surface area contributed by atoms with E-state index in [2.05, 4.69) is 15.9 Å². The van der Waals surface area contributed by atoms with Crippen molar-refractivity contribution >= 4 is 37.6 Å². The number of hydrogen-bond donors (Lipinski definition) is 0. The molecule has 0 bridgehead atoms. The van der Waals surface area contributed by atoms with E-state index in [1.165, 1.54) is 10.4 Å². The summed E-state index contributed by atoms with van der Waals surface area (Å²) in [7, 11) is -1.93. The molecule has 0 aromatic heterocycles. The first-order valence-corrected chi connectivity index (χ1v) is 8.31. The number of benzene rings is 1. The Morgan fingerprint density at radius 2 is 2.06 bits per heavy atom. The molecule has 1 rings (SSSR count). The van der Waals surface area contributed by atoms with Crippen LogP contribution in [0.25, 0.3) is 0 Å². The lowest BCUT2D eigenvalue weighted by molar-refractivity contribution is 0.393. The predicted octanol–water partition coefficient (Wildman–Crippen LogP) is 3.77. The topological polar surface area (TPSA) is 37.4 Å². The fourth-order valence-corrected chi connectivity index (χ4v) is 3.82. The molecule has 0 fully saturated rings. The highest BCUT2D eigenvalue weighted by atomic mass is 79.9. The molecule has 0 spiro atoms. The zero-order valence-electron chi connectivity index (χ0n) is 10.7. The average molecular weight is 355 g/mol. The van der Waals surface area contributed by atoms with Crippen molar-refractivity contribution in [2.45, 2.75) is 25.2 Å². The molecule has 0 amide bonds. The van der Waals surface area contributed by atoms with E-state index in [-0.39, 0.29) is 9.92 Å². The number of halogens is 2. The van der Waals surface area contributed by atoms with Gasteiger partial charge in [-0.2, -0.15) is 0 Å². The molecule has 1 aromatic carbocycles. The summed E-state index contributed by atoms with van der Waals surface area (Å²) < 4.78 is 26.8. The first kappa shape index (κ1) is 16.0. The molecule has 3 nitrogen and oxygen atoms in total. The van der Waals surface area contributed by atoms with Crippen LogP contribution in [0, 0.1) is 5.92 Å². The van der Waals surface area contributed by atoms with E-state index in [0.717, 1.165) is 10.9 Å². The molecule has 0 aliphatic heterocycles. The van der Waals surface area contributed by atoms with Crippen LogP contribution >= 0.6 is 27.5 Å². The minimum absolute atomic E-state index is 0.151. The maximum atomic E-state index is 12.3. The summed E-state index contributed by atoms with van der Waals surface area (Å²) in [6.45, 7) is 4.55. The van der Waals surface area contributed by atoms with Gasteiger partial charge in [0.2, 0.25) is 10.0 Å². The average Bonchev–Trinajstić information content (AvgIpc) is 2.28. The van der Waals surface area contributed by atoms with Gasteiger partial charge in [-0.3, -0.25) is 0 Å². The van der Waals surface area contributed by atoms with E-state index in [1.54, 1.807) is 19.2 Å². The van der Waals surface area contributed by atoms with Gasteiger partial charge >= 0.3 is 0 Å². The number of hydrogen-bond acceptors (Lipinski definition) is 2. The van der Waals surface area contributed by atoms with Gasteiger partial charge in [-0.1, -0.05) is 47.8 Å². The van der Waals surface area contributed by atoms with Gasteiger partial charge in [0.1, 0.15) is 4.90 Å². The van der Waals surface area contributed by atoms with Gasteiger partial charge in [0, 0.05) is 18.1 Å². The van der Waals surface area contributed by atoms with Gasteiger partial charge in [-0.15, -0.1) is 0 Å². The largest absolute Gasteiger partial charge is 0.244 e. The van der Waals surface area contributed by atoms with Gasteiger partial charge in [-0.25, -0.2) is 12.7 Å². The van der Waals surface area contributed by atoms with Crippen molar-refractivity contribution in [1.29, 1.82) is 0 Å². The Labute approximate surface area is 122 Å². The quantitative estimate of drug-likeness (QED) is 0.807. The van der Waals surface area contributed by atoms with Crippen molar-refractivity contribution in [1.82, 2.24) is 4.31 Å². The fourth-order valence-electron chi connectivity index (χ4n) is 1.52. The second kappa shape index (κ2) is 6.37. The zero-order valence-corrected chi connectivity index (χ0v) is 13.8. The SMILES string of the molecule is CCC(C)CN(C)S(=O)(=O)c1ccc(Br)cc1Cl. The Bertz CT molecular complexity index is 519. The summed E-state index contributed by atoms with van der Waals surface area (Å²) in [4.78, 5) is 0.151. The summed E-state index contributed by atoms with van der Waals surface area (Å²) >= 11 is 9.25. The van der Waals surface area contributed by atoms with E-state index in [9.17, 15) is 8.42 Å². The Hall–Kier alpha value is -0.100. The smallest absolute Gasteiger partial charge is 0.207 e. The molecule has 1 unspecified atom stereocenters. The molecule has 0 N–H and O–H groups in total. The minimum atomic E-state index is -3.51. The van der Waals surface area contributed by atoms with Crippen LogP contribution in [0.5, 0.6) is 0 Å². The number of nitrogens with zero attached hydrogens (tertiary/aromatic N) is 1. The summed E-state index contributed by atoms with van der Waals surface area (Å²) in [5.74, 6) is 0.319. The van der Waals surface area contributed by atoms with Crippen molar-refractivity contribution in [3.05, 3.63) is 27.7 Å². The third-order valence-corrected chi connectivity index (χ3v) is 5.65. The molecular weight excluding hydrogens is 338 g/mol. The van der Waals surface area contributed by atoms with E-state index in [0.29, 0.717) is 12.5 Å². The van der Waals surface area contributed by atoms with E-state index >= 15 is 0 Å². The molecule has 0 aliphatic rings. The summed E-state index contributed by atoms with van der Waals surface area (Å²) in [5, 5.41) is 0.236. The van der Waals surface area contributed by atoms with Gasteiger partial charge < -0.3 is 0 Å². The molecule has 0 radical (unpaired) electrons. The van der Waals surface area contributed by atoms with Crippen molar-refractivity contribution in [3.8, 4) is 0 Å². The maximum absolute atomic E-state index is 12.3.